The van der Waals surface area contributed by atoms with Gasteiger partial charge >= 0.3 is 0 Å². The van der Waals surface area contributed by atoms with Crippen molar-refractivity contribution in [1.29, 1.82) is 0 Å². The molecule has 2 aliphatic rings. The molecule has 1 amide bonds. The first-order valence-corrected chi connectivity index (χ1v) is 6.37. The van der Waals surface area contributed by atoms with Gasteiger partial charge in [-0.2, -0.15) is 0 Å². The van der Waals surface area contributed by atoms with E-state index in [0.717, 1.165) is 5.92 Å². The van der Waals surface area contributed by atoms with Gasteiger partial charge in [-0.3, -0.25) is 4.79 Å². The Morgan fingerprint density at radius 1 is 1.29 bits per heavy atom. The van der Waals surface area contributed by atoms with E-state index in [-0.39, 0.29) is 5.91 Å². The number of carbonyl (C=O) groups excluding carboxylic acids is 1. The van der Waals surface area contributed by atoms with Crippen molar-refractivity contribution in [3.05, 3.63) is 35.4 Å². The first kappa shape index (κ1) is 10.8. The minimum absolute atomic E-state index is 0.351. The maximum atomic E-state index is 11.0. The van der Waals surface area contributed by atoms with Crippen molar-refractivity contribution in [1.82, 2.24) is 5.32 Å². The molecule has 2 atom stereocenters. The lowest BCUT2D eigenvalue weighted by atomic mass is 10.1. The number of nitrogens with two attached hydrogens (primary N) is 1. The topological polar surface area (TPSA) is 55.1 Å². The van der Waals surface area contributed by atoms with E-state index in [4.69, 9.17) is 5.73 Å². The fraction of sp³-hybridized carbons (Fsp3) is 0.500. The number of rotatable bonds is 5. The zero-order valence-electron chi connectivity index (χ0n) is 9.86. The second kappa shape index (κ2) is 4.15. The Balaban J connectivity index is 1.56. The molecule has 3 nitrogen and oxygen atoms in total. The van der Waals surface area contributed by atoms with Crippen LogP contribution >= 0.6 is 0 Å². The monoisotopic (exact) mass is 230 g/mol. The predicted molar refractivity (Wildman–Crippen MR) is 66.8 cm³/mol. The second-order valence-corrected chi connectivity index (χ2v) is 5.29. The summed E-state index contributed by atoms with van der Waals surface area (Å²) in [6.45, 7) is 1.18. The molecule has 0 bridgehead atoms. The van der Waals surface area contributed by atoms with E-state index >= 15 is 0 Å². The quantitative estimate of drug-likeness (QED) is 0.808. The van der Waals surface area contributed by atoms with Crippen LogP contribution in [0.15, 0.2) is 24.3 Å². The number of carbonyl (C=O) groups is 1. The third-order valence-corrected chi connectivity index (χ3v) is 3.78. The lowest BCUT2D eigenvalue weighted by molar-refractivity contribution is 0.100. The van der Waals surface area contributed by atoms with Crippen LogP contribution in [0.25, 0.3) is 0 Å². The molecular weight excluding hydrogens is 212 g/mol. The minimum Gasteiger partial charge on any atom is -0.366 e. The van der Waals surface area contributed by atoms with Crippen molar-refractivity contribution in [2.75, 3.05) is 6.54 Å². The van der Waals surface area contributed by atoms with Gasteiger partial charge in [0.2, 0.25) is 5.91 Å². The largest absolute Gasteiger partial charge is 0.366 e. The van der Waals surface area contributed by atoms with E-state index in [2.05, 4.69) is 5.32 Å². The number of hydrogen-bond donors (Lipinski definition) is 2. The Kier molecular flexibility index (Phi) is 2.63. The van der Waals surface area contributed by atoms with Gasteiger partial charge in [0.1, 0.15) is 0 Å². The van der Waals surface area contributed by atoms with Gasteiger partial charge in [0.15, 0.2) is 0 Å². The van der Waals surface area contributed by atoms with E-state index in [1.165, 1.54) is 31.4 Å². The third-order valence-electron chi connectivity index (χ3n) is 3.78. The summed E-state index contributed by atoms with van der Waals surface area (Å²) in [5.41, 5.74) is 7.14. The van der Waals surface area contributed by atoms with Crippen LogP contribution in [-0.2, 0) is 0 Å². The van der Waals surface area contributed by atoms with E-state index in [1.54, 1.807) is 0 Å². The van der Waals surface area contributed by atoms with Crippen LogP contribution in [0.4, 0.5) is 0 Å². The van der Waals surface area contributed by atoms with Gasteiger partial charge < -0.3 is 11.1 Å². The number of nitrogens with one attached hydrogen (secondary N) is 1. The average Bonchev–Trinajstić information content (AvgIpc) is 3.21. The van der Waals surface area contributed by atoms with E-state index < -0.39 is 0 Å². The molecule has 0 aliphatic heterocycles. The summed E-state index contributed by atoms with van der Waals surface area (Å²) >= 11 is 0. The highest BCUT2D eigenvalue weighted by Gasteiger charge is 2.38. The van der Waals surface area contributed by atoms with Gasteiger partial charge in [-0.05, 0) is 49.4 Å². The third kappa shape index (κ3) is 2.50. The van der Waals surface area contributed by atoms with Crippen molar-refractivity contribution in [2.45, 2.75) is 31.2 Å². The van der Waals surface area contributed by atoms with E-state index in [0.29, 0.717) is 17.5 Å². The van der Waals surface area contributed by atoms with E-state index in [1.807, 2.05) is 24.3 Å². The predicted octanol–water partition coefficient (Wildman–Crippen LogP) is 1.64. The molecule has 0 radical (unpaired) electrons. The summed E-state index contributed by atoms with van der Waals surface area (Å²) in [5.74, 6) is 1.22. The van der Waals surface area contributed by atoms with Crippen LogP contribution in [0.3, 0.4) is 0 Å². The lowest BCUT2D eigenvalue weighted by Gasteiger charge is -2.03. The lowest BCUT2D eigenvalue weighted by Crippen LogP contribution is -2.20. The average molecular weight is 230 g/mol. The molecule has 2 saturated carbocycles. The fourth-order valence-electron chi connectivity index (χ4n) is 2.32. The normalized spacial score (nSPS) is 26.8. The van der Waals surface area contributed by atoms with Crippen molar-refractivity contribution < 1.29 is 4.79 Å². The Hall–Kier alpha value is -1.35. The Labute approximate surface area is 101 Å². The first-order chi connectivity index (χ1) is 8.24. The molecular formula is C14H18N2O. The van der Waals surface area contributed by atoms with Crippen molar-refractivity contribution in [2.24, 2.45) is 11.7 Å². The summed E-state index contributed by atoms with van der Waals surface area (Å²) in [4.78, 5) is 11.0. The highest BCUT2D eigenvalue weighted by molar-refractivity contribution is 5.92. The number of primary amides is 1. The first-order valence-electron chi connectivity index (χ1n) is 6.37. The molecule has 2 fully saturated rings. The molecule has 3 rings (SSSR count). The molecule has 90 valence electrons. The smallest absolute Gasteiger partial charge is 0.248 e. The van der Waals surface area contributed by atoms with Crippen molar-refractivity contribution in [3.8, 4) is 0 Å². The highest BCUT2D eigenvalue weighted by atomic mass is 16.1. The Morgan fingerprint density at radius 2 is 2.00 bits per heavy atom. The molecule has 0 heterocycles. The van der Waals surface area contributed by atoms with Gasteiger partial charge in [0.25, 0.3) is 0 Å². The minimum atomic E-state index is -0.351. The van der Waals surface area contributed by atoms with Crippen LogP contribution in [0, 0.1) is 5.92 Å². The van der Waals surface area contributed by atoms with Crippen LogP contribution in [-0.4, -0.2) is 18.5 Å². The summed E-state index contributed by atoms with van der Waals surface area (Å²) in [5, 5.41) is 3.61. The van der Waals surface area contributed by atoms with Crippen LogP contribution < -0.4 is 11.1 Å². The van der Waals surface area contributed by atoms with E-state index in [9.17, 15) is 4.79 Å². The Morgan fingerprint density at radius 3 is 2.59 bits per heavy atom. The number of amides is 1. The maximum absolute atomic E-state index is 11.0. The molecule has 3 N–H and O–H groups in total. The molecule has 2 unspecified atom stereocenters. The SMILES string of the molecule is NC(=O)c1ccc(C2CC2NCC2CC2)cc1. The number of hydrogen-bond acceptors (Lipinski definition) is 2. The standard InChI is InChI=1S/C14H18N2O/c15-14(17)11-5-3-10(4-6-11)12-7-13(12)16-8-9-1-2-9/h3-6,9,12-13,16H,1-2,7-8H2,(H2,15,17). The zero-order valence-corrected chi connectivity index (χ0v) is 9.86. The molecule has 1 aromatic rings. The summed E-state index contributed by atoms with van der Waals surface area (Å²) in [6, 6.07) is 8.37. The fourth-order valence-corrected chi connectivity index (χ4v) is 2.32. The van der Waals surface area contributed by atoms with Gasteiger partial charge in [-0.15, -0.1) is 0 Å². The molecule has 0 spiro atoms. The van der Waals surface area contributed by atoms with Crippen LogP contribution in [0.2, 0.25) is 0 Å². The molecule has 3 heteroatoms. The summed E-state index contributed by atoms with van der Waals surface area (Å²) in [7, 11) is 0. The van der Waals surface area contributed by atoms with Gasteiger partial charge in [-0.1, -0.05) is 12.1 Å². The molecule has 1 aromatic carbocycles. The van der Waals surface area contributed by atoms with Crippen LogP contribution in [0.5, 0.6) is 0 Å². The zero-order chi connectivity index (χ0) is 11.8. The molecule has 17 heavy (non-hydrogen) atoms. The van der Waals surface area contributed by atoms with Gasteiger partial charge in [0, 0.05) is 17.5 Å². The van der Waals surface area contributed by atoms with Gasteiger partial charge in [0.05, 0.1) is 0 Å². The number of benzene rings is 1. The van der Waals surface area contributed by atoms with Crippen molar-refractivity contribution >= 4 is 5.91 Å². The van der Waals surface area contributed by atoms with Crippen molar-refractivity contribution in [3.63, 3.8) is 0 Å². The van der Waals surface area contributed by atoms with Crippen LogP contribution in [0.1, 0.15) is 41.1 Å². The maximum Gasteiger partial charge on any atom is 0.248 e. The van der Waals surface area contributed by atoms with Gasteiger partial charge in [-0.25, -0.2) is 0 Å². The summed E-state index contributed by atoms with van der Waals surface area (Å²) < 4.78 is 0. The molecule has 0 aromatic heterocycles. The second-order valence-electron chi connectivity index (χ2n) is 5.29. The molecule has 0 saturated heterocycles. The Bertz CT molecular complexity index is 422. The summed E-state index contributed by atoms with van der Waals surface area (Å²) in [6.07, 6.45) is 4.03. The molecule has 2 aliphatic carbocycles. The highest BCUT2D eigenvalue weighted by Crippen LogP contribution is 2.41.